The van der Waals surface area contributed by atoms with Gasteiger partial charge in [-0.25, -0.2) is 0 Å². The lowest BCUT2D eigenvalue weighted by atomic mass is 10.0. The Kier molecular flexibility index (Phi) is 3.12. The van der Waals surface area contributed by atoms with E-state index in [2.05, 4.69) is 0 Å². The lowest BCUT2D eigenvalue weighted by molar-refractivity contribution is 0.0185. The van der Waals surface area contributed by atoms with Crippen molar-refractivity contribution in [2.75, 3.05) is 19.9 Å². The summed E-state index contributed by atoms with van der Waals surface area (Å²) in [5, 5.41) is 17.6. The minimum Gasteiger partial charge on any atom is -0.395 e. The molecule has 0 aliphatic carbocycles. The minimum atomic E-state index is 0.0885. The van der Waals surface area contributed by atoms with Gasteiger partial charge in [-0.2, -0.15) is 0 Å². The Labute approximate surface area is 61.3 Å². The molecule has 0 saturated carbocycles. The van der Waals surface area contributed by atoms with Crippen molar-refractivity contribution in [1.29, 1.82) is 0 Å². The first-order valence-electron chi connectivity index (χ1n) is 3.84. The fraction of sp³-hybridized carbons (Fsp3) is 1.00. The first kappa shape index (κ1) is 7.98. The van der Waals surface area contributed by atoms with Crippen molar-refractivity contribution >= 4 is 0 Å². The van der Waals surface area contributed by atoms with Gasteiger partial charge in [0.25, 0.3) is 0 Å². The molecule has 3 nitrogen and oxygen atoms in total. The van der Waals surface area contributed by atoms with Crippen LogP contribution in [0.1, 0.15) is 19.3 Å². The van der Waals surface area contributed by atoms with Crippen molar-refractivity contribution in [1.82, 2.24) is 4.90 Å². The zero-order chi connectivity index (χ0) is 7.40. The van der Waals surface area contributed by atoms with E-state index in [9.17, 15) is 0 Å². The lowest BCUT2D eigenvalue weighted by Gasteiger charge is -2.32. The van der Waals surface area contributed by atoms with Crippen LogP contribution in [0.3, 0.4) is 0 Å². The van der Waals surface area contributed by atoms with Crippen molar-refractivity contribution in [3.63, 3.8) is 0 Å². The number of nitrogens with zero attached hydrogens (tertiary/aromatic N) is 1. The van der Waals surface area contributed by atoms with Crippen LogP contribution in [0.15, 0.2) is 0 Å². The van der Waals surface area contributed by atoms with E-state index in [0.717, 1.165) is 19.4 Å². The largest absolute Gasteiger partial charge is 0.395 e. The second kappa shape index (κ2) is 3.91. The fourth-order valence-corrected chi connectivity index (χ4v) is 1.45. The molecule has 0 unspecified atom stereocenters. The molecule has 0 radical (unpaired) electrons. The van der Waals surface area contributed by atoms with E-state index in [1.54, 1.807) is 0 Å². The molecule has 0 aromatic rings. The molecule has 60 valence electrons. The molecular formula is C7H15NO2. The molecule has 2 N–H and O–H groups in total. The van der Waals surface area contributed by atoms with Gasteiger partial charge in [-0.3, -0.25) is 4.90 Å². The standard InChI is InChI=1S/C7H15NO2/c9-5-7-3-1-2-4-8(7)6-10/h7,9-10H,1-6H2/t7-/m0/s1. The second-order valence-corrected chi connectivity index (χ2v) is 2.79. The summed E-state index contributed by atoms with van der Waals surface area (Å²) in [5.74, 6) is 0. The Hall–Kier alpha value is -0.120. The van der Waals surface area contributed by atoms with Crippen LogP contribution in [0.25, 0.3) is 0 Å². The highest BCUT2D eigenvalue weighted by molar-refractivity contribution is 4.73. The summed E-state index contributed by atoms with van der Waals surface area (Å²) in [7, 11) is 0. The van der Waals surface area contributed by atoms with E-state index in [-0.39, 0.29) is 19.4 Å². The molecule has 1 fully saturated rings. The van der Waals surface area contributed by atoms with Crippen LogP contribution in [-0.2, 0) is 0 Å². The van der Waals surface area contributed by atoms with E-state index in [0.29, 0.717) is 0 Å². The van der Waals surface area contributed by atoms with Crippen LogP contribution >= 0.6 is 0 Å². The summed E-state index contributed by atoms with van der Waals surface area (Å²) < 4.78 is 0. The molecule has 0 amide bonds. The maximum Gasteiger partial charge on any atom is 0.0959 e. The van der Waals surface area contributed by atoms with E-state index in [4.69, 9.17) is 10.2 Å². The first-order chi connectivity index (χ1) is 4.88. The zero-order valence-corrected chi connectivity index (χ0v) is 6.16. The van der Waals surface area contributed by atoms with Crippen molar-refractivity contribution in [3.05, 3.63) is 0 Å². The monoisotopic (exact) mass is 145 g/mol. The molecule has 3 heteroatoms. The topological polar surface area (TPSA) is 43.7 Å². The lowest BCUT2D eigenvalue weighted by Crippen LogP contribution is -2.42. The molecule has 1 aliphatic rings. The Morgan fingerprint density at radius 2 is 2.10 bits per heavy atom. The number of aliphatic hydroxyl groups is 2. The van der Waals surface area contributed by atoms with Gasteiger partial charge < -0.3 is 10.2 Å². The van der Waals surface area contributed by atoms with E-state index < -0.39 is 0 Å². The predicted molar refractivity (Wildman–Crippen MR) is 38.5 cm³/mol. The number of rotatable bonds is 2. The third kappa shape index (κ3) is 1.68. The van der Waals surface area contributed by atoms with Gasteiger partial charge in [-0.05, 0) is 12.8 Å². The number of hydrogen-bond acceptors (Lipinski definition) is 3. The molecule has 0 bridgehead atoms. The summed E-state index contributed by atoms with van der Waals surface area (Å²) in [6, 6.07) is 0.207. The smallest absolute Gasteiger partial charge is 0.0959 e. The van der Waals surface area contributed by atoms with Crippen LogP contribution in [0.4, 0.5) is 0 Å². The average Bonchev–Trinajstić information content (AvgIpc) is 2.04. The molecule has 0 spiro atoms. The van der Waals surface area contributed by atoms with Crippen LogP contribution in [0, 0.1) is 0 Å². The van der Waals surface area contributed by atoms with Gasteiger partial charge in [0.1, 0.15) is 0 Å². The van der Waals surface area contributed by atoms with Gasteiger partial charge in [0.2, 0.25) is 0 Å². The van der Waals surface area contributed by atoms with Crippen molar-refractivity contribution < 1.29 is 10.2 Å². The number of likely N-dealkylation sites (tertiary alicyclic amines) is 1. The van der Waals surface area contributed by atoms with Crippen LogP contribution < -0.4 is 0 Å². The fourth-order valence-electron chi connectivity index (χ4n) is 1.45. The Morgan fingerprint density at radius 1 is 1.30 bits per heavy atom. The van der Waals surface area contributed by atoms with Gasteiger partial charge in [-0.15, -0.1) is 0 Å². The van der Waals surface area contributed by atoms with Crippen LogP contribution in [-0.4, -0.2) is 41.0 Å². The summed E-state index contributed by atoms with van der Waals surface area (Å²) in [6.07, 6.45) is 3.36. The first-order valence-corrected chi connectivity index (χ1v) is 3.84. The summed E-state index contributed by atoms with van der Waals surface area (Å²) >= 11 is 0. The number of aliphatic hydroxyl groups excluding tert-OH is 2. The Morgan fingerprint density at radius 3 is 2.60 bits per heavy atom. The zero-order valence-electron chi connectivity index (χ0n) is 6.16. The minimum absolute atomic E-state index is 0.0885. The highest BCUT2D eigenvalue weighted by Gasteiger charge is 2.19. The second-order valence-electron chi connectivity index (χ2n) is 2.79. The Bertz CT molecular complexity index is 85.6. The van der Waals surface area contributed by atoms with E-state index >= 15 is 0 Å². The average molecular weight is 145 g/mol. The van der Waals surface area contributed by atoms with Crippen molar-refractivity contribution in [2.24, 2.45) is 0 Å². The molecule has 1 aliphatic heterocycles. The Balaban J connectivity index is 2.34. The van der Waals surface area contributed by atoms with Gasteiger partial charge in [0.05, 0.1) is 13.3 Å². The molecule has 0 aromatic carbocycles. The summed E-state index contributed by atoms with van der Waals surface area (Å²) in [6.45, 7) is 1.20. The molecular weight excluding hydrogens is 130 g/mol. The van der Waals surface area contributed by atoms with Gasteiger partial charge in [0.15, 0.2) is 0 Å². The summed E-state index contributed by atoms with van der Waals surface area (Å²) in [5.41, 5.74) is 0. The van der Waals surface area contributed by atoms with Gasteiger partial charge >= 0.3 is 0 Å². The summed E-state index contributed by atoms with van der Waals surface area (Å²) in [4.78, 5) is 1.92. The SMILES string of the molecule is OC[C@@H]1CCCCN1CO. The third-order valence-electron chi connectivity index (χ3n) is 2.14. The van der Waals surface area contributed by atoms with Crippen LogP contribution in [0.5, 0.6) is 0 Å². The molecule has 0 aromatic heterocycles. The van der Waals surface area contributed by atoms with Crippen LogP contribution in [0.2, 0.25) is 0 Å². The van der Waals surface area contributed by atoms with Crippen molar-refractivity contribution in [3.8, 4) is 0 Å². The maximum absolute atomic E-state index is 8.84. The van der Waals surface area contributed by atoms with Gasteiger partial charge in [0, 0.05) is 12.6 Å². The van der Waals surface area contributed by atoms with Gasteiger partial charge in [-0.1, -0.05) is 6.42 Å². The molecule has 1 rings (SSSR count). The normalized spacial score (nSPS) is 28.8. The highest BCUT2D eigenvalue weighted by Crippen LogP contribution is 2.14. The molecule has 10 heavy (non-hydrogen) atoms. The number of piperidine rings is 1. The molecule has 1 saturated heterocycles. The highest BCUT2D eigenvalue weighted by atomic mass is 16.3. The maximum atomic E-state index is 8.84. The van der Waals surface area contributed by atoms with E-state index in [1.165, 1.54) is 6.42 Å². The van der Waals surface area contributed by atoms with Crippen molar-refractivity contribution in [2.45, 2.75) is 25.3 Å². The molecule has 1 atom stereocenters. The predicted octanol–water partition coefficient (Wildman–Crippen LogP) is -0.217. The third-order valence-corrected chi connectivity index (χ3v) is 2.14. The number of hydrogen-bond donors (Lipinski definition) is 2. The quantitative estimate of drug-likeness (QED) is 0.564. The molecule has 1 heterocycles. The van der Waals surface area contributed by atoms with E-state index in [1.807, 2.05) is 4.90 Å².